The van der Waals surface area contributed by atoms with Crippen LogP contribution in [0.25, 0.3) is 0 Å². The third-order valence-corrected chi connectivity index (χ3v) is 2.22. The quantitative estimate of drug-likeness (QED) is 0.834. The van der Waals surface area contributed by atoms with Crippen LogP contribution < -0.4 is 11.1 Å². The Hall–Kier alpha value is -1.59. The first-order valence-corrected chi connectivity index (χ1v) is 5.42. The van der Waals surface area contributed by atoms with Crippen LogP contribution in [-0.4, -0.2) is 36.9 Å². The minimum atomic E-state index is -0.218. The van der Waals surface area contributed by atoms with Crippen molar-refractivity contribution in [1.29, 1.82) is 0 Å². The molecule has 1 aromatic carbocycles. The molecule has 0 aromatic heterocycles. The molecule has 0 saturated carbocycles. The van der Waals surface area contributed by atoms with Crippen LogP contribution in [0.1, 0.15) is 6.42 Å². The van der Waals surface area contributed by atoms with Crippen LogP contribution >= 0.6 is 12.4 Å². The topological polar surface area (TPSA) is 75.4 Å². The number of anilines is 1. The maximum absolute atomic E-state index is 11.6. The molecule has 1 rings (SSSR count). The Morgan fingerprint density at radius 3 is 2.44 bits per heavy atom. The summed E-state index contributed by atoms with van der Waals surface area (Å²) in [4.78, 5) is 24.4. The molecule has 5 nitrogen and oxygen atoms in total. The Balaban J connectivity index is 0.00000289. The van der Waals surface area contributed by atoms with Gasteiger partial charge in [0.25, 0.3) is 0 Å². The first-order valence-electron chi connectivity index (χ1n) is 5.42. The van der Waals surface area contributed by atoms with Crippen LogP contribution in [0.3, 0.4) is 0 Å². The molecule has 0 radical (unpaired) electrons. The van der Waals surface area contributed by atoms with Gasteiger partial charge < -0.3 is 16.0 Å². The largest absolute Gasteiger partial charge is 0.336 e. The van der Waals surface area contributed by atoms with E-state index in [0.717, 1.165) is 5.69 Å². The monoisotopic (exact) mass is 271 g/mol. The minimum Gasteiger partial charge on any atom is -0.336 e. The van der Waals surface area contributed by atoms with Crippen molar-refractivity contribution in [2.45, 2.75) is 6.42 Å². The summed E-state index contributed by atoms with van der Waals surface area (Å²) in [5, 5.41) is 2.71. The summed E-state index contributed by atoms with van der Waals surface area (Å²) < 4.78 is 0. The molecule has 0 aliphatic heterocycles. The lowest BCUT2D eigenvalue weighted by Gasteiger charge is -2.16. The number of carbonyl (C=O) groups excluding carboxylic acids is 2. The van der Waals surface area contributed by atoms with E-state index in [0.29, 0.717) is 6.54 Å². The van der Waals surface area contributed by atoms with Gasteiger partial charge in [0.1, 0.15) is 0 Å². The van der Waals surface area contributed by atoms with Crippen molar-refractivity contribution < 1.29 is 9.59 Å². The number of nitrogens with two attached hydrogens (primary N) is 1. The van der Waals surface area contributed by atoms with Gasteiger partial charge in [-0.15, -0.1) is 12.4 Å². The molecular weight excluding hydrogens is 254 g/mol. The second kappa shape index (κ2) is 8.49. The molecule has 0 fully saturated rings. The van der Waals surface area contributed by atoms with Crippen molar-refractivity contribution in [2.24, 2.45) is 5.73 Å². The van der Waals surface area contributed by atoms with E-state index in [1.54, 1.807) is 19.2 Å². The third-order valence-electron chi connectivity index (χ3n) is 2.22. The van der Waals surface area contributed by atoms with E-state index in [1.807, 2.05) is 18.2 Å². The standard InChI is InChI=1S/C12H17N3O2.ClH/c1-15(12(17)7-8-13)9-11(16)14-10-5-3-2-4-6-10;/h2-6H,7-9,13H2,1H3,(H,14,16);1H. The summed E-state index contributed by atoms with van der Waals surface area (Å²) in [7, 11) is 1.59. The molecule has 0 aliphatic carbocycles. The Morgan fingerprint density at radius 1 is 1.28 bits per heavy atom. The zero-order valence-corrected chi connectivity index (χ0v) is 11.1. The maximum Gasteiger partial charge on any atom is 0.243 e. The number of halogens is 1. The number of hydrogen-bond donors (Lipinski definition) is 2. The highest BCUT2D eigenvalue weighted by Crippen LogP contribution is 2.04. The van der Waals surface area contributed by atoms with Crippen LogP contribution in [0.15, 0.2) is 30.3 Å². The lowest BCUT2D eigenvalue weighted by Crippen LogP contribution is -2.35. The molecule has 0 heterocycles. The Kier molecular flexibility index (Phi) is 7.74. The fraction of sp³-hybridized carbons (Fsp3) is 0.333. The smallest absolute Gasteiger partial charge is 0.243 e. The molecule has 0 aliphatic rings. The number of likely N-dealkylation sites (N-methyl/N-ethyl adjacent to an activating group) is 1. The first kappa shape index (κ1) is 16.4. The lowest BCUT2D eigenvalue weighted by molar-refractivity contribution is -0.133. The van der Waals surface area contributed by atoms with E-state index >= 15 is 0 Å². The van der Waals surface area contributed by atoms with Gasteiger partial charge >= 0.3 is 0 Å². The van der Waals surface area contributed by atoms with Gasteiger partial charge in [0.15, 0.2) is 0 Å². The van der Waals surface area contributed by atoms with E-state index in [2.05, 4.69) is 5.32 Å². The summed E-state index contributed by atoms with van der Waals surface area (Å²) in [5.74, 6) is -0.347. The molecule has 0 atom stereocenters. The van der Waals surface area contributed by atoms with Crippen LogP contribution in [0.5, 0.6) is 0 Å². The number of rotatable bonds is 5. The van der Waals surface area contributed by atoms with Gasteiger partial charge in [0.05, 0.1) is 6.54 Å². The molecular formula is C12H18ClN3O2. The zero-order chi connectivity index (χ0) is 12.7. The SMILES string of the molecule is CN(CC(=O)Nc1ccccc1)C(=O)CCN.Cl. The molecule has 6 heteroatoms. The van der Waals surface area contributed by atoms with E-state index in [-0.39, 0.29) is 37.2 Å². The van der Waals surface area contributed by atoms with Crippen LogP contribution in [0.4, 0.5) is 5.69 Å². The van der Waals surface area contributed by atoms with E-state index in [1.165, 1.54) is 4.90 Å². The van der Waals surface area contributed by atoms with Crippen molar-refractivity contribution in [3.8, 4) is 0 Å². The van der Waals surface area contributed by atoms with E-state index in [4.69, 9.17) is 5.73 Å². The number of nitrogens with zero attached hydrogens (tertiary/aromatic N) is 1. The Morgan fingerprint density at radius 2 is 1.89 bits per heavy atom. The van der Waals surface area contributed by atoms with Gasteiger partial charge in [-0.25, -0.2) is 0 Å². The third kappa shape index (κ3) is 5.65. The Labute approximate surface area is 113 Å². The number of hydrogen-bond acceptors (Lipinski definition) is 3. The fourth-order valence-electron chi connectivity index (χ4n) is 1.34. The molecule has 100 valence electrons. The van der Waals surface area contributed by atoms with Crippen LogP contribution in [0.2, 0.25) is 0 Å². The first-order chi connectivity index (χ1) is 8.13. The van der Waals surface area contributed by atoms with Crippen molar-refractivity contribution in [3.05, 3.63) is 30.3 Å². The maximum atomic E-state index is 11.6. The molecule has 0 bridgehead atoms. The van der Waals surface area contributed by atoms with E-state index < -0.39 is 0 Å². The lowest BCUT2D eigenvalue weighted by atomic mass is 10.3. The number of benzene rings is 1. The molecule has 2 amide bonds. The molecule has 3 N–H and O–H groups in total. The predicted octanol–water partition coefficient (Wildman–Crippen LogP) is 0.854. The number of carbonyl (C=O) groups is 2. The average molecular weight is 272 g/mol. The second-order valence-electron chi connectivity index (χ2n) is 3.70. The molecule has 0 spiro atoms. The molecule has 18 heavy (non-hydrogen) atoms. The van der Waals surface area contributed by atoms with Gasteiger partial charge in [-0.2, -0.15) is 0 Å². The van der Waals surface area contributed by atoms with Gasteiger partial charge in [0, 0.05) is 25.7 Å². The summed E-state index contributed by atoms with van der Waals surface area (Å²) >= 11 is 0. The highest BCUT2D eigenvalue weighted by molar-refractivity contribution is 5.94. The van der Waals surface area contributed by atoms with Crippen molar-refractivity contribution in [2.75, 3.05) is 25.5 Å². The minimum absolute atomic E-state index is 0. The van der Waals surface area contributed by atoms with Crippen molar-refractivity contribution >= 4 is 29.9 Å². The van der Waals surface area contributed by atoms with Crippen molar-refractivity contribution in [1.82, 2.24) is 4.90 Å². The normalized spacial score (nSPS) is 9.22. The van der Waals surface area contributed by atoms with Crippen molar-refractivity contribution in [3.63, 3.8) is 0 Å². The number of amides is 2. The highest BCUT2D eigenvalue weighted by atomic mass is 35.5. The molecule has 1 aromatic rings. The van der Waals surface area contributed by atoms with Gasteiger partial charge in [-0.3, -0.25) is 9.59 Å². The summed E-state index contributed by atoms with van der Waals surface area (Å²) in [5.41, 5.74) is 5.99. The fourth-order valence-corrected chi connectivity index (χ4v) is 1.34. The Bertz CT molecular complexity index is 384. The van der Waals surface area contributed by atoms with Gasteiger partial charge in [-0.1, -0.05) is 18.2 Å². The van der Waals surface area contributed by atoms with Crippen LogP contribution in [-0.2, 0) is 9.59 Å². The zero-order valence-electron chi connectivity index (χ0n) is 10.3. The number of nitrogens with one attached hydrogen (secondary N) is 1. The van der Waals surface area contributed by atoms with Crippen LogP contribution in [0, 0.1) is 0 Å². The predicted molar refractivity (Wildman–Crippen MR) is 73.6 cm³/mol. The molecule has 0 saturated heterocycles. The molecule has 0 unspecified atom stereocenters. The highest BCUT2D eigenvalue weighted by Gasteiger charge is 2.11. The summed E-state index contributed by atoms with van der Waals surface area (Å²) in [6.45, 7) is 0.331. The second-order valence-corrected chi connectivity index (χ2v) is 3.70. The van der Waals surface area contributed by atoms with Gasteiger partial charge in [0.2, 0.25) is 11.8 Å². The average Bonchev–Trinajstić information content (AvgIpc) is 2.30. The van der Waals surface area contributed by atoms with Gasteiger partial charge in [-0.05, 0) is 12.1 Å². The summed E-state index contributed by atoms with van der Waals surface area (Å²) in [6, 6.07) is 9.11. The number of para-hydroxylation sites is 1. The summed E-state index contributed by atoms with van der Waals surface area (Å²) in [6.07, 6.45) is 0.259. The van der Waals surface area contributed by atoms with E-state index in [9.17, 15) is 9.59 Å².